The number of anilines is 1. The second kappa shape index (κ2) is 9.15. The SMILES string of the molecule is CC(C)(C)C1CN(c2cnc(-c3ccc(Cl)cc3)c(-c3ccncc3Cl)n2)CCN1C(=O)O. The first kappa shape index (κ1) is 23.3. The number of benzene rings is 1. The summed E-state index contributed by atoms with van der Waals surface area (Å²) in [4.78, 5) is 29.2. The van der Waals surface area contributed by atoms with E-state index < -0.39 is 6.09 Å². The topological polar surface area (TPSA) is 82.5 Å². The van der Waals surface area contributed by atoms with Crippen molar-refractivity contribution in [2.75, 3.05) is 24.5 Å². The predicted molar refractivity (Wildman–Crippen MR) is 131 cm³/mol. The number of halogens is 2. The lowest BCUT2D eigenvalue weighted by Crippen LogP contribution is -2.59. The van der Waals surface area contributed by atoms with Crippen molar-refractivity contribution < 1.29 is 9.90 Å². The van der Waals surface area contributed by atoms with Gasteiger partial charge in [-0.05, 0) is 23.6 Å². The first-order chi connectivity index (χ1) is 15.6. The predicted octanol–water partition coefficient (Wildman–Crippen LogP) is 5.73. The zero-order valence-electron chi connectivity index (χ0n) is 18.7. The number of piperazine rings is 1. The number of hydrogen-bond acceptors (Lipinski definition) is 5. The maximum atomic E-state index is 11.8. The molecule has 2 aromatic heterocycles. The molecule has 0 aliphatic carbocycles. The molecule has 1 aromatic carbocycles. The molecule has 9 heteroatoms. The molecule has 3 heterocycles. The summed E-state index contributed by atoms with van der Waals surface area (Å²) in [5, 5.41) is 10.8. The Morgan fingerprint density at radius 2 is 1.79 bits per heavy atom. The van der Waals surface area contributed by atoms with E-state index in [-0.39, 0.29) is 11.5 Å². The summed E-state index contributed by atoms with van der Waals surface area (Å²) < 4.78 is 0. The first-order valence-electron chi connectivity index (χ1n) is 10.6. The van der Waals surface area contributed by atoms with E-state index in [1.807, 2.05) is 30.3 Å². The molecule has 0 saturated carbocycles. The van der Waals surface area contributed by atoms with E-state index in [2.05, 4.69) is 30.7 Å². The van der Waals surface area contributed by atoms with Gasteiger partial charge >= 0.3 is 6.09 Å². The minimum Gasteiger partial charge on any atom is -0.465 e. The summed E-state index contributed by atoms with van der Waals surface area (Å²) in [6, 6.07) is 9.04. The monoisotopic (exact) mass is 485 g/mol. The molecular formula is C24H25Cl2N5O2. The van der Waals surface area contributed by atoms with Gasteiger partial charge in [0.2, 0.25) is 0 Å². The molecule has 1 saturated heterocycles. The highest BCUT2D eigenvalue weighted by atomic mass is 35.5. The zero-order chi connectivity index (χ0) is 23.8. The van der Waals surface area contributed by atoms with Crippen molar-refractivity contribution >= 4 is 35.1 Å². The number of rotatable bonds is 3. The zero-order valence-corrected chi connectivity index (χ0v) is 20.2. The van der Waals surface area contributed by atoms with Crippen molar-refractivity contribution in [1.29, 1.82) is 0 Å². The van der Waals surface area contributed by atoms with Crippen molar-refractivity contribution in [1.82, 2.24) is 19.9 Å². The molecule has 172 valence electrons. The number of pyridine rings is 1. The fourth-order valence-electron chi connectivity index (χ4n) is 4.07. The van der Waals surface area contributed by atoms with Crippen LogP contribution in [-0.2, 0) is 0 Å². The summed E-state index contributed by atoms with van der Waals surface area (Å²) in [6.45, 7) is 7.59. The van der Waals surface area contributed by atoms with Crippen LogP contribution in [-0.4, -0.2) is 56.7 Å². The van der Waals surface area contributed by atoms with Crippen molar-refractivity contribution in [3.8, 4) is 22.5 Å². The Hall–Kier alpha value is -2.90. The highest BCUT2D eigenvalue weighted by molar-refractivity contribution is 6.33. The first-order valence-corrected chi connectivity index (χ1v) is 11.4. The van der Waals surface area contributed by atoms with Crippen molar-refractivity contribution in [2.45, 2.75) is 26.8 Å². The Morgan fingerprint density at radius 3 is 2.42 bits per heavy atom. The Bertz CT molecular complexity index is 1160. The minimum absolute atomic E-state index is 0.186. The number of carboxylic acid groups (broad SMARTS) is 1. The van der Waals surface area contributed by atoms with Crippen LogP contribution in [0.3, 0.4) is 0 Å². The van der Waals surface area contributed by atoms with Gasteiger partial charge in [-0.15, -0.1) is 0 Å². The molecule has 1 aliphatic heterocycles. The lowest BCUT2D eigenvalue weighted by Gasteiger charge is -2.46. The quantitative estimate of drug-likeness (QED) is 0.510. The standard InChI is InChI=1S/C24H25Cl2N5O2/c1-24(2,3)19-14-30(10-11-31(19)23(32)33)20-13-28-21(15-4-6-16(25)7-5-15)22(29-20)17-8-9-27-12-18(17)26/h4-9,12-13,19H,10-11,14H2,1-3H3,(H,32,33). The van der Waals surface area contributed by atoms with Crippen LogP contribution < -0.4 is 4.90 Å². The number of nitrogens with zero attached hydrogens (tertiary/aromatic N) is 5. The molecule has 3 aromatic rings. The summed E-state index contributed by atoms with van der Waals surface area (Å²) in [5.41, 5.74) is 2.67. The summed E-state index contributed by atoms with van der Waals surface area (Å²) >= 11 is 12.6. The number of amides is 1. The maximum absolute atomic E-state index is 11.8. The number of hydrogen-bond donors (Lipinski definition) is 1. The van der Waals surface area contributed by atoms with Gasteiger partial charge in [-0.3, -0.25) is 9.97 Å². The third-order valence-corrected chi connectivity index (χ3v) is 6.41. The van der Waals surface area contributed by atoms with E-state index in [9.17, 15) is 9.90 Å². The molecular weight excluding hydrogens is 461 g/mol. The van der Waals surface area contributed by atoms with Crippen molar-refractivity contribution in [2.24, 2.45) is 5.41 Å². The molecule has 0 spiro atoms. The van der Waals surface area contributed by atoms with Gasteiger partial charge < -0.3 is 14.9 Å². The van der Waals surface area contributed by atoms with E-state index in [0.29, 0.717) is 46.9 Å². The van der Waals surface area contributed by atoms with Gasteiger partial charge in [0.25, 0.3) is 0 Å². The van der Waals surface area contributed by atoms with Crippen molar-refractivity contribution in [3.63, 3.8) is 0 Å². The Kier molecular flexibility index (Phi) is 6.45. The Balaban J connectivity index is 1.78. The molecule has 1 atom stereocenters. The molecule has 0 radical (unpaired) electrons. The largest absolute Gasteiger partial charge is 0.465 e. The van der Waals surface area contributed by atoms with E-state index in [1.54, 1.807) is 18.6 Å². The lowest BCUT2D eigenvalue weighted by molar-refractivity contribution is 0.0747. The average Bonchev–Trinajstić information content (AvgIpc) is 2.78. The average molecular weight is 486 g/mol. The molecule has 1 amide bonds. The summed E-state index contributed by atoms with van der Waals surface area (Å²) in [5.74, 6) is 0.676. The van der Waals surface area contributed by atoms with Crippen LogP contribution in [0.2, 0.25) is 10.0 Å². The van der Waals surface area contributed by atoms with Gasteiger partial charge in [-0.25, -0.2) is 9.78 Å². The van der Waals surface area contributed by atoms with Crippen LogP contribution in [0.15, 0.2) is 48.9 Å². The van der Waals surface area contributed by atoms with Crippen LogP contribution >= 0.6 is 23.2 Å². The van der Waals surface area contributed by atoms with Gasteiger partial charge in [-0.2, -0.15) is 0 Å². The third kappa shape index (κ3) is 4.89. The lowest BCUT2D eigenvalue weighted by atomic mass is 9.84. The van der Waals surface area contributed by atoms with Gasteiger partial charge in [-0.1, -0.05) is 56.1 Å². The summed E-state index contributed by atoms with van der Waals surface area (Å²) in [6.07, 6.45) is 4.09. The molecule has 0 bridgehead atoms. The van der Waals surface area contributed by atoms with Crippen LogP contribution in [0.25, 0.3) is 22.5 Å². The van der Waals surface area contributed by atoms with Gasteiger partial charge in [0.05, 0.1) is 23.0 Å². The Morgan fingerprint density at radius 1 is 1.06 bits per heavy atom. The molecule has 1 unspecified atom stereocenters. The smallest absolute Gasteiger partial charge is 0.407 e. The van der Waals surface area contributed by atoms with E-state index in [4.69, 9.17) is 33.2 Å². The highest BCUT2D eigenvalue weighted by Crippen LogP contribution is 2.36. The maximum Gasteiger partial charge on any atom is 0.407 e. The van der Waals surface area contributed by atoms with Crippen LogP contribution in [0.4, 0.5) is 10.6 Å². The molecule has 1 fully saturated rings. The molecule has 4 rings (SSSR count). The Labute approximate surface area is 203 Å². The van der Waals surface area contributed by atoms with E-state index in [1.165, 1.54) is 4.90 Å². The van der Waals surface area contributed by atoms with Gasteiger partial charge in [0.1, 0.15) is 11.5 Å². The molecule has 1 N–H and O–H groups in total. The minimum atomic E-state index is -0.900. The second-order valence-electron chi connectivity index (χ2n) is 9.09. The van der Waals surface area contributed by atoms with Crippen LogP contribution in [0.5, 0.6) is 0 Å². The van der Waals surface area contributed by atoms with Crippen LogP contribution in [0.1, 0.15) is 20.8 Å². The summed E-state index contributed by atoms with van der Waals surface area (Å²) in [7, 11) is 0. The highest BCUT2D eigenvalue weighted by Gasteiger charge is 2.38. The second-order valence-corrected chi connectivity index (χ2v) is 9.94. The number of aromatic nitrogens is 3. The van der Waals surface area contributed by atoms with Gasteiger partial charge in [0.15, 0.2) is 0 Å². The molecule has 7 nitrogen and oxygen atoms in total. The van der Waals surface area contributed by atoms with E-state index in [0.717, 1.165) is 11.1 Å². The molecule has 1 aliphatic rings. The van der Waals surface area contributed by atoms with Crippen molar-refractivity contribution in [3.05, 3.63) is 59.0 Å². The third-order valence-electron chi connectivity index (χ3n) is 5.85. The van der Waals surface area contributed by atoms with Gasteiger partial charge in [0, 0.05) is 48.2 Å². The van der Waals surface area contributed by atoms with E-state index >= 15 is 0 Å². The van der Waals surface area contributed by atoms with Crippen LogP contribution in [0, 0.1) is 5.41 Å². The fourth-order valence-corrected chi connectivity index (χ4v) is 4.40. The normalized spacial score (nSPS) is 16.7. The fraction of sp³-hybridized carbons (Fsp3) is 0.333. The molecule has 33 heavy (non-hydrogen) atoms. The number of carbonyl (C=O) groups is 1.